The predicted molar refractivity (Wildman–Crippen MR) is 250 cm³/mol. The Labute approximate surface area is 375 Å². The first-order valence-corrected chi connectivity index (χ1v) is 22.3. The van der Waals surface area contributed by atoms with Gasteiger partial charge in [-0.25, -0.2) is 6.57 Å². The van der Waals surface area contributed by atoms with Crippen molar-refractivity contribution in [3.63, 3.8) is 0 Å². The third-order valence-corrected chi connectivity index (χ3v) is 13.2. The Morgan fingerprint density at radius 3 is 2.16 bits per heavy atom. The fraction of sp³-hybridized carbons (Fsp3) is 0.308. The number of carbonyl (C=O) groups is 1. The lowest BCUT2D eigenvalue weighted by Gasteiger charge is -2.41. The Morgan fingerprint density at radius 1 is 0.825 bits per heavy atom. The van der Waals surface area contributed by atoms with E-state index in [2.05, 4.69) is 87.3 Å². The number of anilines is 2. The molecule has 1 aromatic heterocycles. The maximum Gasteiger partial charge on any atom is 0.318 e. The summed E-state index contributed by atoms with van der Waals surface area (Å²) < 4.78 is 13.3. The van der Waals surface area contributed by atoms with Gasteiger partial charge in [-0.3, -0.25) is 4.79 Å². The lowest BCUT2D eigenvalue weighted by Crippen LogP contribution is -2.56. The third kappa shape index (κ3) is 8.74. The van der Waals surface area contributed by atoms with Crippen LogP contribution < -0.4 is 14.5 Å². The number of rotatable bonds is 13. The second kappa shape index (κ2) is 19.0. The molecule has 11 heteroatoms. The number of fused-ring (bicyclic) bond motifs is 2. The molecule has 0 bridgehead atoms. The molecule has 0 saturated carbocycles. The van der Waals surface area contributed by atoms with Crippen LogP contribution in [-0.2, 0) is 28.1 Å². The van der Waals surface area contributed by atoms with Crippen LogP contribution in [0.2, 0.25) is 5.02 Å². The van der Waals surface area contributed by atoms with Crippen LogP contribution >= 0.6 is 11.6 Å². The summed E-state index contributed by atoms with van der Waals surface area (Å²) in [5, 5.41) is 2.85. The molecule has 2 saturated heterocycles. The van der Waals surface area contributed by atoms with Crippen molar-refractivity contribution in [3.05, 3.63) is 184 Å². The van der Waals surface area contributed by atoms with Gasteiger partial charge in [0, 0.05) is 54.9 Å². The number of hydrogen-bond acceptors (Lipinski definition) is 8. The van der Waals surface area contributed by atoms with E-state index in [4.69, 9.17) is 37.6 Å². The lowest BCUT2D eigenvalue weighted by molar-refractivity contribution is -0.128. The van der Waals surface area contributed by atoms with E-state index >= 15 is 0 Å². The highest BCUT2D eigenvalue weighted by molar-refractivity contribution is 6.36. The Balaban J connectivity index is 0.955. The molecule has 1 amide bonds. The molecule has 4 heterocycles. The highest BCUT2D eigenvalue weighted by Gasteiger charge is 2.38. The first kappa shape index (κ1) is 42.1. The van der Waals surface area contributed by atoms with E-state index in [0.29, 0.717) is 44.8 Å². The van der Waals surface area contributed by atoms with E-state index < -0.39 is 5.60 Å². The van der Waals surface area contributed by atoms with Gasteiger partial charge in [0.05, 0.1) is 23.9 Å². The average molecular weight is 858 g/mol. The third-order valence-electron chi connectivity index (χ3n) is 12.8. The molecule has 2 atom stereocenters. The van der Waals surface area contributed by atoms with Gasteiger partial charge in [0.15, 0.2) is 0 Å². The Morgan fingerprint density at radius 2 is 1.51 bits per heavy atom. The number of amides is 1. The van der Waals surface area contributed by atoms with Gasteiger partial charge in [0.25, 0.3) is 0 Å². The molecule has 6 aromatic rings. The zero-order valence-corrected chi connectivity index (χ0v) is 36.4. The summed E-state index contributed by atoms with van der Waals surface area (Å²) in [5.41, 5.74) is 5.16. The zero-order chi connectivity index (χ0) is 43.2. The molecule has 0 radical (unpaired) electrons. The van der Waals surface area contributed by atoms with E-state index in [0.717, 1.165) is 87.6 Å². The number of likely N-dealkylation sites (N-methyl/N-ethyl adjacent to an activating group) is 1. The van der Waals surface area contributed by atoms with E-state index in [-0.39, 0.29) is 25.1 Å². The lowest BCUT2D eigenvalue weighted by atomic mass is 9.80. The standard InChI is InChI=1S/C52H52ClN7O3/c1-54-34-43-35-59(31-32-60(43)48(61)27-15-33-63-52(39-18-6-3-7-19-39,40-20-8-4-9-21-40)41-22-10-5-11-23-41)50-44-28-30-58(47-26-13-17-38-16-12-25-45(53)49(38)47)36-46(44)55-51(56-50)62-37-42-24-14-29-57(42)2/h3-13,15-23,25-27,42-43H,14,24,28-37H2,2H3/b27-15+/t42-,43-/m0/s1. The van der Waals surface area contributed by atoms with Gasteiger partial charge in [-0.05, 0) is 67.1 Å². The number of likely N-dealkylation sites (tertiary alicyclic amines) is 1. The van der Waals surface area contributed by atoms with Gasteiger partial charge >= 0.3 is 6.01 Å². The highest BCUT2D eigenvalue weighted by atomic mass is 35.5. The number of carbonyl (C=O) groups excluding carboxylic acids is 1. The van der Waals surface area contributed by atoms with Crippen molar-refractivity contribution in [3.8, 4) is 6.01 Å². The smallest absolute Gasteiger partial charge is 0.318 e. The van der Waals surface area contributed by atoms with Gasteiger partial charge in [0.2, 0.25) is 12.5 Å². The largest absolute Gasteiger partial charge is 0.462 e. The minimum absolute atomic E-state index is 0.143. The molecule has 9 rings (SSSR count). The summed E-state index contributed by atoms with van der Waals surface area (Å²) in [5.74, 6) is 0.686. The molecule has 0 aliphatic carbocycles. The molecule has 3 aliphatic rings. The zero-order valence-electron chi connectivity index (χ0n) is 35.7. The van der Waals surface area contributed by atoms with Crippen molar-refractivity contribution in [2.75, 3.05) is 69.3 Å². The van der Waals surface area contributed by atoms with Crippen LogP contribution in [0.25, 0.3) is 15.6 Å². The van der Waals surface area contributed by atoms with Crippen molar-refractivity contribution in [1.82, 2.24) is 19.8 Å². The minimum Gasteiger partial charge on any atom is -0.462 e. The van der Waals surface area contributed by atoms with Crippen LogP contribution in [-0.4, -0.2) is 97.3 Å². The van der Waals surface area contributed by atoms with Crippen LogP contribution in [0, 0.1) is 6.57 Å². The maximum absolute atomic E-state index is 14.1. The molecule has 320 valence electrons. The molecule has 0 spiro atoms. The molecular weight excluding hydrogens is 806 g/mol. The molecule has 0 unspecified atom stereocenters. The number of ether oxygens (including phenoxy) is 2. The second-order valence-electron chi connectivity index (χ2n) is 16.6. The van der Waals surface area contributed by atoms with Gasteiger partial charge in [-0.2, -0.15) is 9.97 Å². The SMILES string of the molecule is [C-]#[N+]C[C@H]1CN(c2nc(OC[C@@H]3CCCN3C)nc3c2CCN(c2cccc4cccc(Cl)c24)C3)CCN1C(=O)/C=C/COC(c1ccccc1)(c1ccccc1)c1ccccc1. The summed E-state index contributed by atoms with van der Waals surface area (Å²) in [6, 6.07) is 43.3. The van der Waals surface area contributed by atoms with Crippen LogP contribution in [0.3, 0.4) is 0 Å². The predicted octanol–water partition coefficient (Wildman–Crippen LogP) is 8.82. The summed E-state index contributed by atoms with van der Waals surface area (Å²) in [6.07, 6.45) is 6.35. The van der Waals surface area contributed by atoms with Crippen molar-refractivity contribution < 1.29 is 14.3 Å². The van der Waals surface area contributed by atoms with Crippen molar-refractivity contribution in [2.45, 2.75) is 43.5 Å². The summed E-state index contributed by atoms with van der Waals surface area (Å²) in [6.45, 7) is 12.6. The first-order valence-electron chi connectivity index (χ1n) is 21.9. The molecular formula is C52H52ClN7O3. The van der Waals surface area contributed by atoms with Crippen LogP contribution in [0.4, 0.5) is 11.5 Å². The van der Waals surface area contributed by atoms with E-state index in [1.165, 1.54) is 0 Å². The number of halogens is 1. The molecule has 0 N–H and O–H groups in total. The van der Waals surface area contributed by atoms with Crippen LogP contribution in [0.5, 0.6) is 6.01 Å². The normalized spacial score (nSPS) is 18.1. The maximum atomic E-state index is 14.1. The Bertz CT molecular complexity index is 2500. The van der Waals surface area contributed by atoms with Crippen molar-refractivity contribution in [1.29, 1.82) is 0 Å². The summed E-state index contributed by atoms with van der Waals surface area (Å²) >= 11 is 6.80. The molecule has 63 heavy (non-hydrogen) atoms. The highest BCUT2D eigenvalue weighted by Crippen LogP contribution is 2.41. The number of hydrogen-bond donors (Lipinski definition) is 0. The quantitative estimate of drug-likeness (QED) is 0.0649. The number of benzene rings is 5. The fourth-order valence-corrected chi connectivity index (χ4v) is 9.89. The monoisotopic (exact) mass is 857 g/mol. The van der Waals surface area contributed by atoms with Crippen LogP contribution in [0.15, 0.2) is 140 Å². The Hall–Kier alpha value is -6.25. The van der Waals surface area contributed by atoms with Crippen molar-refractivity contribution >= 4 is 39.8 Å². The molecule has 2 fully saturated rings. The fourth-order valence-electron chi connectivity index (χ4n) is 9.61. The van der Waals surface area contributed by atoms with E-state index in [1.807, 2.05) is 71.6 Å². The average Bonchev–Trinajstić information content (AvgIpc) is 3.75. The van der Waals surface area contributed by atoms with E-state index in [9.17, 15) is 4.79 Å². The van der Waals surface area contributed by atoms with Crippen molar-refractivity contribution in [2.24, 2.45) is 0 Å². The number of aromatic nitrogens is 2. The topological polar surface area (TPSA) is 78.6 Å². The molecule has 5 aromatic carbocycles. The molecule has 10 nitrogen and oxygen atoms in total. The minimum atomic E-state index is -0.902. The second-order valence-corrected chi connectivity index (χ2v) is 17.0. The summed E-state index contributed by atoms with van der Waals surface area (Å²) in [4.78, 5) is 36.8. The first-order chi connectivity index (χ1) is 30.9. The molecule has 3 aliphatic heterocycles. The van der Waals surface area contributed by atoms with Crippen LogP contribution in [0.1, 0.15) is 40.8 Å². The van der Waals surface area contributed by atoms with Gasteiger partial charge < -0.3 is 33.9 Å². The van der Waals surface area contributed by atoms with Gasteiger partial charge in [-0.15, -0.1) is 0 Å². The number of piperazine rings is 1. The summed E-state index contributed by atoms with van der Waals surface area (Å²) in [7, 11) is 2.14. The van der Waals surface area contributed by atoms with E-state index in [1.54, 1.807) is 12.2 Å². The van der Waals surface area contributed by atoms with Gasteiger partial charge in [-0.1, -0.05) is 133 Å². The number of nitrogens with zero attached hydrogens (tertiary/aromatic N) is 7. The van der Waals surface area contributed by atoms with Gasteiger partial charge in [0.1, 0.15) is 24.1 Å². The Kier molecular flexibility index (Phi) is 12.7.